The van der Waals surface area contributed by atoms with Crippen molar-refractivity contribution in [3.8, 4) is 0 Å². The summed E-state index contributed by atoms with van der Waals surface area (Å²) in [4.78, 5) is 4.70. The molecule has 0 heterocycles. The Balaban J connectivity index is 1.77. The van der Waals surface area contributed by atoms with Gasteiger partial charge in [0.2, 0.25) is 0 Å². The lowest BCUT2D eigenvalue weighted by molar-refractivity contribution is 0.482. The number of hydrogen-bond acceptors (Lipinski definition) is 4. The van der Waals surface area contributed by atoms with Gasteiger partial charge in [-0.1, -0.05) is 107 Å². The SMILES string of the molecule is CCCCc1cc(N(CCC)c2ccccc2)ccc1C(c1ccc(N(CCC)c2ccccc2)cc1CCCC)c1ccccc1S(=O)(=O)O. The van der Waals surface area contributed by atoms with Gasteiger partial charge >= 0.3 is 0 Å². The summed E-state index contributed by atoms with van der Waals surface area (Å²) in [6.45, 7) is 10.6. The van der Waals surface area contributed by atoms with Crippen molar-refractivity contribution >= 4 is 32.9 Å². The van der Waals surface area contributed by atoms with Crippen LogP contribution in [0.15, 0.2) is 126 Å². The van der Waals surface area contributed by atoms with Gasteiger partial charge in [-0.05, 0) is 121 Å². The van der Waals surface area contributed by atoms with Gasteiger partial charge in [0, 0.05) is 41.8 Å². The molecule has 5 nitrogen and oxygen atoms in total. The molecule has 5 aromatic rings. The normalized spacial score (nSPS) is 11.6. The van der Waals surface area contributed by atoms with Gasteiger partial charge in [-0.25, -0.2) is 0 Å². The molecule has 0 aliphatic carbocycles. The predicted octanol–water partition coefficient (Wildman–Crippen LogP) is 11.9. The van der Waals surface area contributed by atoms with E-state index in [-0.39, 0.29) is 4.90 Å². The van der Waals surface area contributed by atoms with E-state index in [0.29, 0.717) is 5.56 Å². The molecule has 0 saturated carbocycles. The number of aryl methyl sites for hydroxylation is 2. The molecule has 0 amide bonds. The number of unbranched alkanes of at least 4 members (excludes halogenated alkanes) is 2. The molecule has 1 N–H and O–H groups in total. The minimum atomic E-state index is -4.50. The van der Waals surface area contributed by atoms with Crippen molar-refractivity contribution in [1.29, 1.82) is 0 Å². The van der Waals surface area contributed by atoms with Crippen molar-refractivity contribution in [3.05, 3.63) is 149 Å². The first-order valence-electron chi connectivity index (χ1n) is 18.8. The van der Waals surface area contributed by atoms with E-state index in [1.54, 1.807) is 6.07 Å². The minimum absolute atomic E-state index is 0.0418. The molecule has 0 atom stereocenters. The van der Waals surface area contributed by atoms with Crippen molar-refractivity contribution in [2.75, 3.05) is 22.9 Å². The first-order valence-corrected chi connectivity index (χ1v) is 20.2. The maximum absolute atomic E-state index is 13.0. The highest BCUT2D eigenvalue weighted by Gasteiger charge is 2.29. The third-order valence-electron chi connectivity index (χ3n) is 9.64. The molecular formula is C45H54N2O3S. The van der Waals surface area contributed by atoms with Gasteiger partial charge in [0.15, 0.2) is 0 Å². The quantitative estimate of drug-likeness (QED) is 0.0727. The van der Waals surface area contributed by atoms with Crippen LogP contribution in [0.4, 0.5) is 22.7 Å². The van der Waals surface area contributed by atoms with E-state index in [1.165, 1.54) is 17.2 Å². The second-order valence-corrected chi connectivity index (χ2v) is 14.8. The predicted molar refractivity (Wildman–Crippen MR) is 215 cm³/mol. The van der Waals surface area contributed by atoms with Crippen LogP contribution in [0.5, 0.6) is 0 Å². The Morgan fingerprint density at radius 3 is 1.35 bits per heavy atom. The molecule has 0 bridgehead atoms. The van der Waals surface area contributed by atoms with Crippen LogP contribution in [-0.2, 0) is 23.0 Å². The Hall–Kier alpha value is -4.39. The highest BCUT2D eigenvalue weighted by atomic mass is 32.2. The van der Waals surface area contributed by atoms with E-state index in [2.05, 4.69) is 122 Å². The largest absolute Gasteiger partial charge is 0.341 e. The van der Waals surface area contributed by atoms with E-state index < -0.39 is 16.0 Å². The zero-order chi connectivity index (χ0) is 36.2. The molecule has 0 fully saturated rings. The van der Waals surface area contributed by atoms with Crippen LogP contribution in [0.3, 0.4) is 0 Å². The lowest BCUT2D eigenvalue weighted by Crippen LogP contribution is -2.20. The lowest BCUT2D eigenvalue weighted by Gasteiger charge is -2.30. The standard InChI is InChI=1S/C45H54N2O3S/c1-5-9-19-35-33-39(46(31-7-3)37-21-13-11-14-22-37)27-29-41(35)45(43-25-17-18-26-44(43)51(48,49)50)42-30-28-40(34-36(42)20-10-6-2)47(32-8-4)38-23-15-12-16-24-38/h11-18,21-30,33-34,45H,5-10,19-20,31-32H2,1-4H3,(H,48,49,50). The molecule has 5 aromatic carbocycles. The fraction of sp³-hybridized carbons (Fsp3) is 0.333. The van der Waals surface area contributed by atoms with Crippen molar-refractivity contribution in [3.63, 3.8) is 0 Å². The molecule has 0 unspecified atom stereocenters. The van der Waals surface area contributed by atoms with E-state index in [0.717, 1.165) is 98.3 Å². The lowest BCUT2D eigenvalue weighted by atomic mass is 9.79. The van der Waals surface area contributed by atoms with Crippen LogP contribution in [0.2, 0.25) is 0 Å². The van der Waals surface area contributed by atoms with Crippen LogP contribution in [0.25, 0.3) is 0 Å². The van der Waals surface area contributed by atoms with E-state index in [9.17, 15) is 13.0 Å². The Morgan fingerprint density at radius 1 is 0.510 bits per heavy atom. The Morgan fingerprint density at radius 2 is 0.941 bits per heavy atom. The van der Waals surface area contributed by atoms with Gasteiger partial charge in [0.1, 0.15) is 0 Å². The highest BCUT2D eigenvalue weighted by Crippen LogP contribution is 2.42. The van der Waals surface area contributed by atoms with E-state index in [4.69, 9.17) is 0 Å². The van der Waals surface area contributed by atoms with Crippen molar-refractivity contribution in [1.82, 2.24) is 0 Å². The first-order chi connectivity index (χ1) is 24.8. The third-order valence-corrected chi connectivity index (χ3v) is 10.6. The van der Waals surface area contributed by atoms with Gasteiger partial charge in [0.05, 0.1) is 4.90 Å². The van der Waals surface area contributed by atoms with Gasteiger partial charge in [-0.15, -0.1) is 0 Å². The molecule has 0 radical (unpaired) electrons. The van der Waals surface area contributed by atoms with Crippen LogP contribution in [0, 0.1) is 0 Å². The smallest absolute Gasteiger partial charge is 0.294 e. The fourth-order valence-electron chi connectivity index (χ4n) is 7.18. The molecule has 51 heavy (non-hydrogen) atoms. The molecule has 0 aliphatic rings. The third kappa shape index (κ3) is 9.29. The molecule has 0 saturated heterocycles. The maximum atomic E-state index is 13.0. The summed E-state index contributed by atoms with van der Waals surface area (Å²) in [6, 6.07) is 41.4. The highest BCUT2D eigenvalue weighted by molar-refractivity contribution is 7.85. The molecule has 6 heteroatoms. The van der Waals surface area contributed by atoms with Crippen LogP contribution in [-0.4, -0.2) is 26.1 Å². The van der Waals surface area contributed by atoms with Crippen LogP contribution in [0.1, 0.15) is 100.0 Å². The number of hydrogen-bond donors (Lipinski definition) is 1. The van der Waals surface area contributed by atoms with Gasteiger partial charge < -0.3 is 9.80 Å². The fourth-order valence-corrected chi connectivity index (χ4v) is 7.92. The van der Waals surface area contributed by atoms with Crippen molar-refractivity contribution in [2.24, 2.45) is 0 Å². The van der Waals surface area contributed by atoms with E-state index >= 15 is 0 Å². The van der Waals surface area contributed by atoms with Gasteiger partial charge in [-0.2, -0.15) is 8.42 Å². The molecule has 0 aromatic heterocycles. The summed E-state index contributed by atoms with van der Waals surface area (Å²) in [7, 11) is -4.50. The molecule has 268 valence electrons. The van der Waals surface area contributed by atoms with Gasteiger partial charge in [-0.3, -0.25) is 4.55 Å². The molecule has 5 rings (SSSR count). The summed E-state index contributed by atoms with van der Waals surface area (Å²) in [5.41, 5.74) is 9.69. The van der Waals surface area contributed by atoms with Crippen molar-refractivity contribution in [2.45, 2.75) is 89.9 Å². The maximum Gasteiger partial charge on any atom is 0.294 e. The number of para-hydroxylation sites is 2. The Labute approximate surface area is 306 Å². The van der Waals surface area contributed by atoms with E-state index in [1.807, 2.05) is 24.3 Å². The summed E-state index contributed by atoms with van der Waals surface area (Å²) in [5.74, 6) is -0.405. The summed E-state index contributed by atoms with van der Waals surface area (Å²) < 4.78 is 36.6. The number of anilines is 4. The number of rotatable bonds is 18. The van der Waals surface area contributed by atoms with Crippen LogP contribution >= 0.6 is 0 Å². The van der Waals surface area contributed by atoms with Crippen LogP contribution < -0.4 is 9.80 Å². The zero-order valence-corrected chi connectivity index (χ0v) is 31.6. The van der Waals surface area contributed by atoms with Gasteiger partial charge in [0.25, 0.3) is 10.1 Å². The minimum Gasteiger partial charge on any atom is -0.341 e. The number of benzene rings is 5. The topological polar surface area (TPSA) is 60.9 Å². The molecule has 0 spiro atoms. The average Bonchev–Trinajstić information content (AvgIpc) is 3.15. The van der Waals surface area contributed by atoms with Crippen molar-refractivity contribution < 1.29 is 13.0 Å². The second kappa shape index (κ2) is 18.2. The summed E-state index contributed by atoms with van der Waals surface area (Å²) >= 11 is 0. The Bertz CT molecular complexity index is 1840. The summed E-state index contributed by atoms with van der Waals surface area (Å²) in [6.07, 6.45) is 7.80. The average molecular weight is 703 g/mol. The summed E-state index contributed by atoms with van der Waals surface area (Å²) in [5, 5.41) is 0. The second-order valence-electron chi connectivity index (χ2n) is 13.4. The zero-order valence-electron chi connectivity index (χ0n) is 30.8. The first kappa shape index (κ1) is 37.9. The molecular weight excluding hydrogens is 649 g/mol. The number of nitrogens with zero attached hydrogens (tertiary/aromatic N) is 2. The molecule has 0 aliphatic heterocycles. The Kier molecular flexibility index (Phi) is 13.5. The monoisotopic (exact) mass is 702 g/mol.